The predicted octanol–water partition coefficient (Wildman–Crippen LogP) is 24.4. The molecule has 0 fully saturated rings. The molecule has 0 aliphatic heterocycles. The first-order valence-electron chi connectivity index (χ1n) is 30.9. The molecule has 17 aromatic rings. The van der Waals surface area contributed by atoms with Gasteiger partial charge in [0.1, 0.15) is 0 Å². The SMILES string of the molecule is C1=CC(c2c3ccccc3c(-c3ccc4ccccc4c3)c3ccccc23)Cc2c1ccc1ccc(-c3ccc(-c4c5ccccc5c(-c5ccccc5)c5c4ccc4c(-c6c7ccccc7c(-c7ccccc7)c7ccccc67)cccc45)cc3)cc21. The summed E-state index contributed by atoms with van der Waals surface area (Å²) in [5.74, 6) is 0.189. The summed E-state index contributed by atoms with van der Waals surface area (Å²) in [6.07, 6.45) is 5.77. The van der Waals surface area contributed by atoms with Gasteiger partial charge in [-0.3, -0.25) is 0 Å². The van der Waals surface area contributed by atoms with E-state index in [1.807, 2.05) is 0 Å². The van der Waals surface area contributed by atoms with Gasteiger partial charge in [0.25, 0.3) is 0 Å². The maximum absolute atomic E-state index is 2.47. The first kappa shape index (κ1) is 50.2. The normalized spacial score (nSPS) is 13.2. The second-order valence-electron chi connectivity index (χ2n) is 24.0. The molecule has 408 valence electrons. The van der Waals surface area contributed by atoms with E-state index in [9.17, 15) is 0 Å². The minimum Gasteiger partial charge on any atom is -0.0760 e. The Hall–Kier alpha value is -11.2. The zero-order chi connectivity index (χ0) is 57.8. The van der Waals surface area contributed by atoms with Crippen molar-refractivity contribution in [2.45, 2.75) is 12.3 Å². The van der Waals surface area contributed by atoms with Gasteiger partial charge < -0.3 is 0 Å². The van der Waals surface area contributed by atoms with Crippen molar-refractivity contribution >= 4 is 103 Å². The molecule has 0 heteroatoms. The van der Waals surface area contributed by atoms with E-state index in [2.05, 4.69) is 322 Å². The van der Waals surface area contributed by atoms with Crippen LogP contribution in [0.1, 0.15) is 22.6 Å². The lowest BCUT2D eigenvalue weighted by Gasteiger charge is -2.26. The van der Waals surface area contributed by atoms with Gasteiger partial charge in [-0.2, -0.15) is 0 Å². The van der Waals surface area contributed by atoms with Crippen LogP contribution < -0.4 is 0 Å². The summed E-state index contributed by atoms with van der Waals surface area (Å²) in [5, 5.41) is 22.9. The summed E-state index contributed by atoms with van der Waals surface area (Å²) >= 11 is 0. The molecule has 1 aliphatic rings. The molecule has 0 nitrogen and oxygen atoms in total. The van der Waals surface area contributed by atoms with Gasteiger partial charge in [-0.1, -0.05) is 309 Å². The molecule has 0 saturated heterocycles. The Kier molecular flexibility index (Phi) is 11.5. The molecule has 0 saturated carbocycles. The van der Waals surface area contributed by atoms with E-state index >= 15 is 0 Å². The third-order valence-corrected chi connectivity index (χ3v) is 19.4. The van der Waals surface area contributed by atoms with Crippen LogP contribution in [0, 0.1) is 0 Å². The van der Waals surface area contributed by atoms with E-state index in [1.165, 1.54) is 180 Å². The fourth-order valence-electron chi connectivity index (χ4n) is 15.5. The maximum Gasteiger partial charge on any atom is 0.00744 e. The maximum atomic E-state index is 2.47. The largest absolute Gasteiger partial charge is 0.0760 e. The van der Waals surface area contributed by atoms with Crippen LogP contribution in [0.15, 0.2) is 315 Å². The Labute approximate surface area is 511 Å². The van der Waals surface area contributed by atoms with Crippen LogP contribution in [0.3, 0.4) is 0 Å². The van der Waals surface area contributed by atoms with E-state index < -0.39 is 0 Å². The van der Waals surface area contributed by atoms with Crippen molar-refractivity contribution < 1.29 is 0 Å². The molecule has 0 aromatic heterocycles. The molecular weight excluding hydrogens is 1060 g/mol. The van der Waals surface area contributed by atoms with Crippen molar-refractivity contribution in [1.82, 2.24) is 0 Å². The van der Waals surface area contributed by atoms with E-state index in [0.717, 1.165) is 6.42 Å². The molecule has 18 rings (SSSR count). The standard InChI is InChI=1S/C88H56/c1-3-21-59(22-4-1)82-74-31-14-17-34-77(74)87(78-35-18-15-32-75(78)82)67-36-19-37-68-66(67)50-51-79-83(73-30-13-16-33-76(73)86(88(68)79)60-23-5-2-6-24-60)61-45-38-56(39-46-61)63-47-43-57-41-42-58-44-49-65(54-81(58)80(57)53-63)85-71-28-11-9-26-69(71)84(70-27-10-12-29-72(70)85)64-48-40-55-20-7-8-25-62(55)52-64/h1-53,65H,54H2. The second kappa shape index (κ2) is 20.2. The van der Waals surface area contributed by atoms with Crippen molar-refractivity contribution in [3.05, 3.63) is 332 Å². The molecule has 0 radical (unpaired) electrons. The Morgan fingerprint density at radius 3 is 1.30 bits per heavy atom. The highest BCUT2D eigenvalue weighted by molar-refractivity contribution is 6.31. The lowest BCUT2D eigenvalue weighted by Crippen LogP contribution is -2.08. The third kappa shape index (κ3) is 7.86. The van der Waals surface area contributed by atoms with Crippen LogP contribution in [0.25, 0.3) is 170 Å². The van der Waals surface area contributed by atoms with E-state index in [-0.39, 0.29) is 5.92 Å². The van der Waals surface area contributed by atoms with E-state index in [1.54, 1.807) is 0 Å². The molecule has 88 heavy (non-hydrogen) atoms. The van der Waals surface area contributed by atoms with Crippen molar-refractivity contribution in [2.24, 2.45) is 0 Å². The summed E-state index contributed by atoms with van der Waals surface area (Å²) in [4.78, 5) is 0. The van der Waals surface area contributed by atoms with Gasteiger partial charge in [-0.15, -0.1) is 0 Å². The van der Waals surface area contributed by atoms with E-state index in [0.29, 0.717) is 0 Å². The molecule has 17 aromatic carbocycles. The Morgan fingerprint density at radius 2 is 0.659 bits per heavy atom. The van der Waals surface area contributed by atoms with Crippen molar-refractivity contribution in [1.29, 1.82) is 0 Å². The Morgan fingerprint density at radius 1 is 0.227 bits per heavy atom. The highest BCUT2D eigenvalue weighted by atomic mass is 14.3. The molecule has 0 amide bonds. The zero-order valence-corrected chi connectivity index (χ0v) is 48.4. The average Bonchev–Trinajstić information content (AvgIpc) is 0.853. The van der Waals surface area contributed by atoms with Gasteiger partial charge >= 0.3 is 0 Å². The first-order valence-corrected chi connectivity index (χ1v) is 30.9. The van der Waals surface area contributed by atoms with Gasteiger partial charge in [-0.05, 0) is 199 Å². The van der Waals surface area contributed by atoms with Crippen LogP contribution >= 0.6 is 0 Å². The topological polar surface area (TPSA) is 0 Å². The fraction of sp³-hybridized carbons (Fsp3) is 0.0227. The number of allylic oxidation sites excluding steroid dienone is 1. The quantitative estimate of drug-likeness (QED) is 0.110. The minimum atomic E-state index is 0.189. The summed E-state index contributed by atoms with van der Waals surface area (Å²) in [7, 11) is 0. The third-order valence-electron chi connectivity index (χ3n) is 19.4. The molecule has 0 N–H and O–H groups in total. The predicted molar refractivity (Wildman–Crippen MR) is 379 cm³/mol. The Bertz CT molecular complexity index is 5640. The van der Waals surface area contributed by atoms with Gasteiger partial charge in [0, 0.05) is 5.92 Å². The number of fused-ring (bicyclic) bond motifs is 12. The summed E-state index contributed by atoms with van der Waals surface area (Å²) in [5.41, 5.74) is 19.0. The van der Waals surface area contributed by atoms with Crippen molar-refractivity contribution in [3.8, 4) is 66.8 Å². The van der Waals surface area contributed by atoms with E-state index in [4.69, 9.17) is 0 Å². The molecule has 1 unspecified atom stereocenters. The highest BCUT2D eigenvalue weighted by Gasteiger charge is 2.26. The van der Waals surface area contributed by atoms with Gasteiger partial charge in [0.2, 0.25) is 0 Å². The molecule has 1 atom stereocenters. The highest BCUT2D eigenvalue weighted by Crippen LogP contribution is 2.51. The molecule has 0 bridgehead atoms. The smallest absolute Gasteiger partial charge is 0.00744 e. The number of benzene rings is 17. The monoisotopic (exact) mass is 1110 g/mol. The minimum absolute atomic E-state index is 0.189. The van der Waals surface area contributed by atoms with Gasteiger partial charge in [-0.25, -0.2) is 0 Å². The van der Waals surface area contributed by atoms with Crippen LogP contribution in [-0.2, 0) is 6.42 Å². The lowest BCUT2D eigenvalue weighted by atomic mass is 9.78. The van der Waals surface area contributed by atoms with Crippen LogP contribution in [-0.4, -0.2) is 0 Å². The second-order valence-corrected chi connectivity index (χ2v) is 24.0. The number of rotatable bonds is 7. The van der Waals surface area contributed by atoms with Crippen LogP contribution in [0.5, 0.6) is 0 Å². The lowest BCUT2D eigenvalue weighted by molar-refractivity contribution is 0.847. The van der Waals surface area contributed by atoms with Gasteiger partial charge in [0.05, 0.1) is 0 Å². The first-order chi connectivity index (χ1) is 43.7. The number of hydrogen-bond donors (Lipinski definition) is 0. The summed E-state index contributed by atoms with van der Waals surface area (Å²) in [6, 6.07) is 116. The summed E-state index contributed by atoms with van der Waals surface area (Å²) in [6.45, 7) is 0. The molecule has 1 aliphatic carbocycles. The van der Waals surface area contributed by atoms with Crippen LogP contribution in [0.2, 0.25) is 0 Å². The van der Waals surface area contributed by atoms with Crippen LogP contribution in [0.4, 0.5) is 0 Å². The molecule has 0 spiro atoms. The summed E-state index contributed by atoms with van der Waals surface area (Å²) < 4.78 is 0. The van der Waals surface area contributed by atoms with Crippen molar-refractivity contribution in [3.63, 3.8) is 0 Å². The number of hydrogen-bond acceptors (Lipinski definition) is 0. The average molecular weight is 1110 g/mol. The Balaban J connectivity index is 0.770. The van der Waals surface area contributed by atoms with Crippen molar-refractivity contribution in [2.75, 3.05) is 0 Å². The molecule has 0 heterocycles. The van der Waals surface area contributed by atoms with Gasteiger partial charge in [0.15, 0.2) is 0 Å². The molecular formula is C88H56. The fourth-order valence-corrected chi connectivity index (χ4v) is 15.5. The zero-order valence-electron chi connectivity index (χ0n) is 48.4.